The molecule has 5 rings (SSSR count). The lowest BCUT2D eigenvalue weighted by Gasteiger charge is -2.36. The van der Waals surface area contributed by atoms with Crippen molar-refractivity contribution in [1.29, 1.82) is 0 Å². The number of carbonyl (C=O) groups is 1. The first-order valence-corrected chi connectivity index (χ1v) is 13.5. The normalized spacial score (nSPS) is 41.7. The molecule has 2 saturated heterocycles. The summed E-state index contributed by atoms with van der Waals surface area (Å²) in [6.07, 6.45) is 11.7. The highest BCUT2D eigenvalue weighted by Crippen LogP contribution is 2.51. The summed E-state index contributed by atoms with van der Waals surface area (Å²) in [6.45, 7) is 0. The monoisotopic (exact) mass is 410 g/mol. The second kappa shape index (κ2) is 7.05. The summed E-state index contributed by atoms with van der Waals surface area (Å²) in [5.74, 6) is 2.65. The third-order valence-electron chi connectivity index (χ3n) is 7.63. The molecule has 0 aromatic carbocycles. The van der Waals surface area contributed by atoms with Crippen molar-refractivity contribution in [3.8, 4) is 0 Å². The third kappa shape index (κ3) is 3.59. The smallest absolute Gasteiger partial charge is 0.248 e. The van der Waals surface area contributed by atoms with Crippen molar-refractivity contribution in [1.82, 2.24) is 4.90 Å². The number of nitrogens with zero attached hydrogens (tertiary/aromatic N) is 2. The number of carbonyl (C=O) groups excluding carboxylic acids is 1. The standard InChI is InChI=1S/C20H30N2O3S2/c23-19(8-6-13-3-1-2-4-13)21-20-22(16-10-14-5-7-15(16)9-14)17-11-27(24,25)12-18(17)26-20/h13-18H,1-12H2/t14-,15-,16-,17-,18+/m1/s1. The average Bonchev–Trinajstić information content (AvgIpc) is 3.39. The number of hydrogen-bond donors (Lipinski definition) is 0. The van der Waals surface area contributed by atoms with Gasteiger partial charge >= 0.3 is 0 Å². The summed E-state index contributed by atoms with van der Waals surface area (Å²) < 4.78 is 24.4. The van der Waals surface area contributed by atoms with Crippen LogP contribution in [0.2, 0.25) is 0 Å². The molecule has 2 bridgehead atoms. The molecule has 27 heavy (non-hydrogen) atoms. The lowest BCUT2D eigenvalue weighted by atomic mass is 9.93. The SMILES string of the molecule is O=C(CCC1CCCC1)N=C1S[C@H]2CS(=O)(=O)C[C@H]2N1[C@@H]1C[C@@H]2CC[C@@H]1C2. The van der Waals surface area contributed by atoms with E-state index in [4.69, 9.17) is 0 Å². The van der Waals surface area contributed by atoms with Crippen molar-refractivity contribution in [3.63, 3.8) is 0 Å². The molecule has 5 aliphatic rings. The van der Waals surface area contributed by atoms with Crippen molar-refractivity contribution in [2.45, 2.75) is 81.5 Å². The van der Waals surface area contributed by atoms with Gasteiger partial charge in [-0.3, -0.25) is 4.79 Å². The van der Waals surface area contributed by atoms with Crippen molar-refractivity contribution in [2.75, 3.05) is 11.5 Å². The Hall–Kier alpha value is -0.560. The number of amides is 1. The van der Waals surface area contributed by atoms with Gasteiger partial charge in [-0.25, -0.2) is 8.42 Å². The molecular weight excluding hydrogens is 380 g/mol. The fourth-order valence-corrected chi connectivity index (χ4v) is 10.3. The molecule has 3 saturated carbocycles. The van der Waals surface area contributed by atoms with Gasteiger partial charge in [0.25, 0.3) is 0 Å². The van der Waals surface area contributed by atoms with Crippen LogP contribution in [-0.4, -0.2) is 53.2 Å². The Labute approximate surface area is 166 Å². The van der Waals surface area contributed by atoms with E-state index in [0.29, 0.717) is 24.3 Å². The molecule has 0 aromatic rings. The maximum absolute atomic E-state index is 12.6. The summed E-state index contributed by atoms with van der Waals surface area (Å²) in [7, 11) is -2.96. The Morgan fingerprint density at radius 3 is 2.59 bits per heavy atom. The first kappa shape index (κ1) is 18.5. The molecule has 2 heterocycles. The minimum absolute atomic E-state index is 0.000358. The van der Waals surface area contributed by atoms with Gasteiger partial charge in [0.15, 0.2) is 15.0 Å². The lowest BCUT2D eigenvalue weighted by Crippen LogP contribution is -2.47. The minimum atomic E-state index is -2.96. The molecular formula is C20H30N2O3S2. The van der Waals surface area contributed by atoms with Crippen molar-refractivity contribution >= 4 is 32.7 Å². The molecule has 5 atom stereocenters. The first-order valence-electron chi connectivity index (χ1n) is 10.8. The van der Waals surface area contributed by atoms with E-state index in [9.17, 15) is 13.2 Å². The molecule has 3 aliphatic carbocycles. The van der Waals surface area contributed by atoms with Gasteiger partial charge in [-0.15, -0.1) is 0 Å². The summed E-state index contributed by atoms with van der Waals surface area (Å²) in [5.41, 5.74) is 0. The maximum Gasteiger partial charge on any atom is 0.248 e. The van der Waals surface area contributed by atoms with Crippen LogP contribution in [0.4, 0.5) is 0 Å². The van der Waals surface area contributed by atoms with Crippen LogP contribution in [-0.2, 0) is 14.6 Å². The van der Waals surface area contributed by atoms with Gasteiger partial charge < -0.3 is 4.90 Å². The Balaban J connectivity index is 1.33. The Kier molecular flexibility index (Phi) is 4.82. The van der Waals surface area contributed by atoms with E-state index >= 15 is 0 Å². The van der Waals surface area contributed by atoms with Crippen molar-refractivity contribution < 1.29 is 13.2 Å². The number of hydrogen-bond acceptors (Lipinski definition) is 4. The second-order valence-corrected chi connectivity index (χ2v) is 12.8. The molecule has 0 radical (unpaired) electrons. The second-order valence-electron chi connectivity index (χ2n) is 9.43. The third-order valence-corrected chi connectivity index (χ3v) is 10.9. The van der Waals surface area contributed by atoms with E-state index in [1.165, 1.54) is 44.9 Å². The zero-order valence-electron chi connectivity index (χ0n) is 15.9. The minimum Gasteiger partial charge on any atom is -0.343 e. The van der Waals surface area contributed by atoms with Crippen LogP contribution in [0, 0.1) is 17.8 Å². The first-order chi connectivity index (χ1) is 13.0. The highest BCUT2D eigenvalue weighted by atomic mass is 32.2. The van der Waals surface area contributed by atoms with Crippen LogP contribution >= 0.6 is 11.8 Å². The highest BCUT2D eigenvalue weighted by Gasteiger charge is 2.54. The summed E-state index contributed by atoms with van der Waals surface area (Å²) in [4.78, 5) is 19.4. The van der Waals surface area contributed by atoms with Gasteiger partial charge in [-0.05, 0) is 43.4 Å². The average molecular weight is 411 g/mol. The molecule has 5 fully saturated rings. The molecule has 0 spiro atoms. The Morgan fingerprint density at radius 1 is 1.07 bits per heavy atom. The van der Waals surface area contributed by atoms with Gasteiger partial charge in [-0.1, -0.05) is 43.9 Å². The Bertz CT molecular complexity index is 744. The number of rotatable bonds is 4. The number of aliphatic imine (C=N–C) groups is 1. The zero-order chi connectivity index (χ0) is 18.6. The van der Waals surface area contributed by atoms with Crippen LogP contribution in [0.5, 0.6) is 0 Å². The predicted octanol–water partition coefficient (Wildman–Crippen LogP) is 3.24. The molecule has 0 aromatic heterocycles. The van der Waals surface area contributed by atoms with Crippen LogP contribution in [0.3, 0.4) is 0 Å². The largest absolute Gasteiger partial charge is 0.343 e. The molecule has 5 nitrogen and oxygen atoms in total. The molecule has 1 amide bonds. The van der Waals surface area contributed by atoms with Gasteiger partial charge in [-0.2, -0.15) is 4.99 Å². The van der Waals surface area contributed by atoms with E-state index in [2.05, 4.69) is 9.89 Å². The number of amidine groups is 1. The van der Waals surface area contributed by atoms with Crippen LogP contribution < -0.4 is 0 Å². The predicted molar refractivity (Wildman–Crippen MR) is 109 cm³/mol. The van der Waals surface area contributed by atoms with E-state index in [0.717, 1.165) is 23.9 Å². The molecule has 0 N–H and O–H groups in total. The van der Waals surface area contributed by atoms with Crippen LogP contribution in [0.25, 0.3) is 0 Å². The number of sulfone groups is 1. The van der Waals surface area contributed by atoms with Gasteiger partial charge in [0.05, 0.1) is 17.5 Å². The van der Waals surface area contributed by atoms with E-state index in [-0.39, 0.29) is 28.7 Å². The van der Waals surface area contributed by atoms with Crippen LogP contribution in [0.1, 0.15) is 64.2 Å². The molecule has 7 heteroatoms. The fourth-order valence-electron chi connectivity index (χ4n) is 6.32. The summed E-state index contributed by atoms with van der Waals surface area (Å²) in [6, 6.07) is 0.437. The lowest BCUT2D eigenvalue weighted by molar-refractivity contribution is -0.118. The zero-order valence-corrected chi connectivity index (χ0v) is 17.5. The maximum atomic E-state index is 12.6. The molecule has 150 valence electrons. The fraction of sp³-hybridized carbons (Fsp3) is 0.900. The van der Waals surface area contributed by atoms with E-state index in [1.807, 2.05) is 0 Å². The number of thioether (sulfide) groups is 1. The quantitative estimate of drug-likeness (QED) is 0.712. The summed E-state index contributed by atoms with van der Waals surface area (Å²) >= 11 is 1.57. The van der Waals surface area contributed by atoms with Crippen molar-refractivity contribution in [2.24, 2.45) is 22.7 Å². The Morgan fingerprint density at radius 2 is 1.89 bits per heavy atom. The van der Waals surface area contributed by atoms with Crippen molar-refractivity contribution in [3.05, 3.63) is 0 Å². The van der Waals surface area contributed by atoms with E-state index < -0.39 is 9.84 Å². The highest BCUT2D eigenvalue weighted by molar-refractivity contribution is 8.15. The number of fused-ring (bicyclic) bond motifs is 3. The molecule has 0 unspecified atom stereocenters. The van der Waals surface area contributed by atoms with E-state index in [1.54, 1.807) is 11.8 Å². The molecule has 2 aliphatic heterocycles. The van der Waals surface area contributed by atoms with Gasteiger partial charge in [0.1, 0.15) is 0 Å². The van der Waals surface area contributed by atoms with Gasteiger partial charge in [0, 0.05) is 17.7 Å². The topological polar surface area (TPSA) is 66.8 Å². The van der Waals surface area contributed by atoms with Crippen LogP contribution in [0.15, 0.2) is 4.99 Å². The van der Waals surface area contributed by atoms with Gasteiger partial charge in [0.2, 0.25) is 5.91 Å². The summed E-state index contributed by atoms with van der Waals surface area (Å²) in [5, 5.41) is 0.907.